The molecule has 3 rings (SSSR count). The smallest absolute Gasteiger partial charge is 0.323 e. The van der Waals surface area contributed by atoms with Crippen molar-refractivity contribution in [1.29, 1.82) is 0 Å². The van der Waals surface area contributed by atoms with E-state index in [0.717, 1.165) is 16.8 Å². The van der Waals surface area contributed by atoms with Gasteiger partial charge < -0.3 is 24.5 Å². The summed E-state index contributed by atoms with van der Waals surface area (Å²) in [5, 5.41) is 14.3. The molecule has 0 fully saturated rings. The van der Waals surface area contributed by atoms with Crippen LogP contribution in [-0.2, 0) is 16.6 Å². The number of esters is 1. The molecule has 0 aliphatic carbocycles. The summed E-state index contributed by atoms with van der Waals surface area (Å²) in [5.74, 6) is 0.385. The summed E-state index contributed by atoms with van der Waals surface area (Å²) in [4.78, 5) is 12.1. The molecule has 0 saturated heterocycles. The van der Waals surface area contributed by atoms with Gasteiger partial charge in [0.1, 0.15) is 31.1 Å². The number of likely N-dealkylation sites (N-methyl/N-ethyl adjacent to an activating group) is 1. The van der Waals surface area contributed by atoms with Gasteiger partial charge in [-0.25, -0.2) is 0 Å². The number of hydrogen-bond donors (Lipinski definition) is 2. The Balaban J connectivity index is 1.60. The molecule has 0 bridgehead atoms. The Bertz CT molecular complexity index is 996. The Labute approximate surface area is 177 Å². The van der Waals surface area contributed by atoms with Crippen molar-refractivity contribution in [2.45, 2.75) is 26.0 Å². The highest BCUT2D eigenvalue weighted by atomic mass is 16.5. The lowest BCUT2D eigenvalue weighted by Crippen LogP contribution is -2.41. The number of para-hydroxylation sites is 1. The third-order valence-electron chi connectivity index (χ3n) is 5.17. The molecular weight excluding hydrogens is 380 g/mol. The molecule has 6 nitrogen and oxygen atoms in total. The average Bonchev–Trinajstić information content (AvgIpc) is 3.08. The molecule has 0 radical (unpaired) electrons. The minimum Gasteiger partial charge on any atom is -0.491 e. The molecule has 1 heterocycles. The van der Waals surface area contributed by atoms with Gasteiger partial charge in [-0.3, -0.25) is 4.79 Å². The van der Waals surface area contributed by atoms with Crippen LogP contribution in [0.25, 0.3) is 22.2 Å². The number of rotatable bonds is 9. The lowest BCUT2D eigenvalue weighted by molar-refractivity contribution is -0.150. The van der Waals surface area contributed by atoms with E-state index in [1.807, 2.05) is 57.3 Å². The molecule has 0 saturated carbocycles. The van der Waals surface area contributed by atoms with Crippen LogP contribution in [0.3, 0.4) is 0 Å². The fourth-order valence-corrected chi connectivity index (χ4v) is 3.54. The lowest BCUT2D eigenvalue weighted by Gasteiger charge is -2.20. The van der Waals surface area contributed by atoms with Crippen LogP contribution in [0.2, 0.25) is 0 Å². The Morgan fingerprint density at radius 1 is 1.10 bits per heavy atom. The molecule has 3 aromatic rings. The minimum absolute atomic E-state index is 0.0394. The second-order valence-corrected chi connectivity index (χ2v) is 7.78. The summed E-state index contributed by atoms with van der Waals surface area (Å²) < 4.78 is 13.1. The van der Waals surface area contributed by atoms with Crippen LogP contribution < -0.4 is 10.1 Å². The summed E-state index contributed by atoms with van der Waals surface area (Å²) in [6.45, 7) is 3.81. The van der Waals surface area contributed by atoms with E-state index in [2.05, 4.69) is 28.1 Å². The van der Waals surface area contributed by atoms with Gasteiger partial charge in [0.2, 0.25) is 0 Å². The van der Waals surface area contributed by atoms with Crippen molar-refractivity contribution < 1.29 is 19.4 Å². The number of carbonyl (C=O) groups excluding carboxylic acids is 1. The second kappa shape index (κ2) is 9.78. The van der Waals surface area contributed by atoms with Crippen LogP contribution in [0.5, 0.6) is 5.75 Å². The highest BCUT2D eigenvalue weighted by molar-refractivity contribution is 5.87. The number of benzene rings is 2. The number of fused-ring (bicyclic) bond motifs is 1. The molecule has 160 valence electrons. The van der Waals surface area contributed by atoms with Crippen molar-refractivity contribution in [3.63, 3.8) is 0 Å². The Hall–Kier alpha value is -2.83. The predicted molar refractivity (Wildman–Crippen MR) is 119 cm³/mol. The van der Waals surface area contributed by atoms with E-state index in [9.17, 15) is 9.90 Å². The van der Waals surface area contributed by atoms with Crippen molar-refractivity contribution in [3.05, 3.63) is 54.6 Å². The number of aromatic nitrogens is 1. The number of nitrogens with one attached hydrogen (secondary N) is 1. The van der Waals surface area contributed by atoms with Crippen molar-refractivity contribution in [3.8, 4) is 17.0 Å². The first kappa shape index (κ1) is 21.9. The number of hydrogen-bond acceptors (Lipinski definition) is 5. The number of aliphatic hydroxyl groups is 1. The predicted octanol–water partition coefficient (Wildman–Crippen LogP) is 3.37. The SMILES string of the molecule is CNC(C(=O)OCC(O)COc1cccc(-c2cc3ccccc3n2C)c1)C(C)C. The first-order valence-corrected chi connectivity index (χ1v) is 10.2. The Morgan fingerprint density at radius 2 is 1.87 bits per heavy atom. The average molecular weight is 411 g/mol. The van der Waals surface area contributed by atoms with Crippen LogP contribution >= 0.6 is 0 Å². The van der Waals surface area contributed by atoms with Crippen LogP contribution in [-0.4, -0.2) is 48.1 Å². The molecule has 0 aliphatic heterocycles. The lowest BCUT2D eigenvalue weighted by atomic mass is 10.1. The third-order valence-corrected chi connectivity index (χ3v) is 5.17. The standard InChI is InChI=1S/C24H30N2O4/c1-16(2)23(25-3)24(28)30-15-19(27)14-29-20-10-7-9-17(12-20)22-13-18-8-5-6-11-21(18)26(22)4/h5-13,16,19,23,25,27H,14-15H2,1-4H3. The zero-order valence-electron chi connectivity index (χ0n) is 18.0. The maximum absolute atomic E-state index is 12.1. The van der Waals surface area contributed by atoms with Crippen molar-refractivity contribution in [2.75, 3.05) is 20.3 Å². The summed E-state index contributed by atoms with van der Waals surface area (Å²) >= 11 is 0. The van der Waals surface area contributed by atoms with Crippen LogP contribution in [0.15, 0.2) is 54.6 Å². The quantitative estimate of drug-likeness (QED) is 0.529. The fraction of sp³-hybridized carbons (Fsp3) is 0.375. The van der Waals surface area contributed by atoms with E-state index in [0.29, 0.717) is 5.75 Å². The van der Waals surface area contributed by atoms with E-state index < -0.39 is 12.1 Å². The van der Waals surface area contributed by atoms with E-state index in [1.54, 1.807) is 7.05 Å². The number of carbonyl (C=O) groups is 1. The van der Waals surface area contributed by atoms with Crippen LogP contribution in [0.4, 0.5) is 0 Å². The Kier molecular flexibility index (Phi) is 7.13. The highest BCUT2D eigenvalue weighted by Gasteiger charge is 2.22. The first-order valence-electron chi connectivity index (χ1n) is 10.2. The van der Waals surface area contributed by atoms with E-state index in [1.165, 1.54) is 5.39 Å². The number of aliphatic hydroxyl groups excluding tert-OH is 1. The topological polar surface area (TPSA) is 72.7 Å². The summed E-state index contributed by atoms with van der Waals surface area (Å²) in [6.07, 6.45) is -0.903. The van der Waals surface area contributed by atoms with Gasteiger partial charge in [-0.2, -0.15) is 0 Å². The van der Waals surface area contributed by atoms with E-state index >= 15 is 0 Å². The molecule has 2 atom stereocenters. The van der Waals surface area contributed by atoms with Crippen LogP contribution in [0, 0.1) is 5.92 Å². The Morgan fingerprint density at radius 3 is 2.57 bits per heavy atom. The van der Waals surface area contributed by atoms with Crippen molar-refractivity contribution in [2.24, 2.45) is 13.0 Å². The van der Waals surface area contributed by atoms with Gasteiger partial charge in [0, 0.05) is 29.2 Å². The molecule has 2 aromatic carbocycles. The minimum atomic E-state index is -0.903. The van der Waals surface area contributed by atoms with Gasteiger partial charge in [-0.05, 0) is 37.2 Å². The number of aryl methyl sites for hydroxylation is 1. The molecule has 0 amide bonds. The zero-order valence-corrected chi connectivity index (χ0v) is 18.0. The van der Waals surface area contributed by atoms with Gasteiger partial charge in [0.15, 0.2) is 0 Å². The third kappa shape index (κ3) is 5.01. The molecule has 0 spiro atoms. The zero-order chi connectivity index (χ0) is 21.7. The highest BCUT2D eigenvalue weighted by Crippen LogP contribution is 2.29. The molecule has 6 heteroatoms. The fourth-order valence-electron chi connectivity index (χ4n) is 3.54. The number of ether oxygens (including phenoxy) is 2. The van der Waals surface area contributed by atoms with Crippen LogP contribution in [0.1, 0.15) is 13.8 Å². The van der Waals surface area contributed by atoms with E-state index in [-0.39, 0.29) is 25.1 Å². The van der Waals surface area contributed by atoms with Gasteiger partial charge >= 0.3 is 5.97 Å². The number of nitrogens with zero attached hydrogens (tertiary/aromatic N) is 1. The van der Waals surface area contributed by atoms with Gasteiger partial charge in [0.25, 0.3) is 0 Å². The van der Waals surface area contributed by atoms with Gasteiger partial charge in [0.05, 0.1) is 0 Å². The molecule has 0 aliphatic rings. The first-order chi connectivity index (χ1) is 14.4. The molecule has 2 N–H and O–H groups in total. The van der Waals surface area contributed by atoms with Gasteiger partial charge in [-0.1, -0.05) is 44.2 Å². The molecule has 30 heavy (non-hydrogen) atoms. The molecular formula is C24H30N2O4. The normalized spacial score (nSPS) is 13.4. The molecule has 1 aromatic heterocycles. The van der Waals surface area contributed by atoms with E-state index in [4.69, 9.17) is 9.47 Å². The monoisotopic (exact) mass is 410 g/mol. The summed E-state index contributed by atoms with van der Waals surface area (Å²) in [7, 11) is 3.76. The van der Waals surface area contributed by atoms with Crippen molar-refractivity contribution >= 4 is 16.9 Å². The maximum Gasteiger partial charge on any atom is 0.323 e. The van der Waals surface area contributed by atoms with Gasteiger partial charge in [-0.15, -0.1) is 0 Å². The summed E-state index contributed by atoms with van der Waals surface area (Å²) in [5.41, 5.74) is 3.28. The van der Waals surface area contributed by atoms with Crippen molar-refractivity contribution in [1.82, 2.24) is 9.88 Å². The second-order valence-electron chi connectivity index (χ2n) is 7.78. The largest absolute Gasteiger partial charge is 0.491 e. The summed E-state index contributed by atoms with van der Waals surface area (Å²) in [6, 6.07) is 17.7. The maximum atomic E-state index is 12.1. The molecule has 2 unspecified atom stereocenters.